The van der Waals surface area contributed by atoms with Crippen molar-refractivity contribution in [3.05, 3.63) is 70.3 Å². The number of hydrogen-bond acceptors (Lipinski definition) is 2. The molecule has 0 aliphatic carbocycles. The molecule has 0 unspecified atom stereocenters. The molecule has 2 aromatic heterocycles. The molecule has 1 amide bonds. The van der Waals surface area contributed by atoms with Crippen molar-refractivity contribution in [1.29, 1.82) is 0 Å². The van der Waals surface area contributed by atoms with Crippen LogP contribution in [0.2, 0.25) is 0 Å². The summed E-state index contributed by atoms with van der Waals surface area (Å²) in [6, 6.07) is 11.6. The van der Waals surface area contributed by atoms with Crippen LogP contribution in [0.5, 0.6) is 0 Å². The summed E-state index contributed by atoms with van der Waals surface area (Å²) in [5.41, 5.74) is 2.78. The van der Waals surface area contributed by atoms with Crippen LogP contribution >= 0.6 is 0 Å². The molecule has 118 valence electrons. The smallest absolute Gasteiger partial charge is 0.253 e. The number of carbonyl (C=O) groups excluding carboxylic acids is 1. The monoisotopic (exact) mass is 309 g/mol. The minimum absolute atomic E-state index is 0.0500. The van der Waals surface area contributed by atoms with Gasteiger partial charge in [-0.25, -0.2) is 0 Å². The van der Waals surface area contributed by atoms with E-state index in [-0.39, 0.29) is 18.0 Å². The van der Waals surface area contributed by atoms with E-state index in [1.807, 2.05) is 24.4 Å². The molecule has 23 heavy (non-hydrogen) atoms. The van der Waals surface area contributed by atoms with Gasteiger partial charge in [0.05, 0.1) is 0 Å². The van der Waals surface area contributed by atoms with E-state index in [9.17, 15) is 9.59 Å². The van der Waals surface area contributed by atoms with E-state index in [4.69, 9.17) is 0 Å². The Hall–Kier alpha value is -2.82. The number of aryl methyl sites for hydroxylation is 1. The highest BCUT2D eigenvalue weighted by Crippen LogP contribution is 2.17. The second-order valence-electron chi connectivity index (χ2n) is 5.58. The Morgan fingerprint density at radius 2 is 2.04 bits per heavy atom. The summed E-state index contributed by atoms with van der Waals surface area (Å²) in [7, 11) is 0. The zero-order valence-corrected chi connectivity index (χ0v) is 13.0. The molecule has 0 radical (unpaired) electrons. The molecule has 0 spiro atoms. The molecule has 0 atom stereocenters. The Balaban J connectivity index is 1.57. The van der Waals surface area contributed by atoms with Crippen molar-refractivity contribution in [2.45, 2.75) is 19.9 Å². The first-order valence-electron chi connectivity index (χ1n) is 7.63. The van der Waals surface area contributed by atoms with Crippen LogP contribution in [0.3, 0.4) is 0 Å². The predicted octanol–water partition coefficient (Wildman–Crippen LogP) is 2.00. The van der Waals surface area contributed by atoms with Crippen LogP contribution in [-0.2, 0) is 17.8 Å². The summed E-state index contributed by atoms with van der Waals surface area (Å²) >= 11 is 0. The molecule has 5 nitrogen and oxygen atoms in total. The van der Waals surface area contributed by atoms with E-state index >= 15 is 0 Å². The van der Waals surface area contributed by atoms with Gasteiger partial charge < -0.3 is 14.9 Å². The fraction of sp³-hybridized carbons (Fsp3) is 0.222. The number of rotatable bonds is 5. The highest BCUT2D eigenvalue weighted by Gasteiger charge is 2.06. The fourth-order valence-corrected chi connectivity index (χ4v) is 2.67. The summed E-state index contributed by atoms with van der Waals surface area (Å²) in [5, 5.41) is 4.05. The topological polar surface area (TPSA) is 66.9 Å². The van der Waals surface area contributed by atoms with Gasteiger partial charge in [0.1, 0.15) is 6.54 Å². The van der Waals surface area contributed by atoms with Crippen molar-refractivity contribution in [2.75, 3.05) is 6.54 Å². The molecule has 3 aromatic rings. The number of amides is 1. The lowest BCUT2D eigenvalue weighted by Crippen LogP contribution is -2.33. The quantitative estimate of drug-likeness (QED) is 0.757. The zero-order valence-electron chi connectivity index (χ0n) is 13.0. The minimum Gasteiger partial charge on any atom is -0.361 e. The standard InChI is InChI=1S/C18H19N3O2/c1-13-5-4-10-21(18(13)23)12-17(22)19-9-8-14-11-20-16-7-3-2-6-15(14)16/h2-7,10-11,20H,8-9,12H2,1H3,(H,19,22). The van der Waals surface area contributed by atoms with Crippen LogP contribution in [0.4, 0.5) is 0 Å². The third kappa shape index (κ3) is 3.34. The van der Waals surface area contributed by atoms with Gasteiger partial charge in [0.25, 0.3) is 5.56 Å². The lowest BCUT2D eigenvalue weighted by atomic mass is 10.1. The number of nitrogens with zero attached hydrogens (tertiary/aromatic N) is 1. The minimum atomic E-state index is -0.155. The Morgan fingerprint density at radius 3 is 2.91 bits per heavy atom. The summed E-state index contributed by atoms with van der Waals surface area (Å²) in [5.74, 6) is -0.155. The molecule has 3 rings (SSSR count). The second kappa shape index (κ2) is 6.52. The third-order valence-corrected chi connectivity index (χ3v) is 3.92. The zero-order chi connectivity index (χ0) is 16.2. The molecule has 0 bridgehead atoms. The number of para-hydroxylation sites is 1. The van der Waals surface area contributed by atoms with Gasteiger partial charge in [-0.15, -0.1) is 0 Å². The molecule has 2 N–H and O–H groups in total. The molecular formula is C18H19N3O2. The van der Waals surface area contributed by atoms with Crippen molar-refractivity contribution in [3.8, 4) is 0 Å². The van der Waals surface area contributed by atoms with E-state index in [0.29, 0.717) is 12.1 Å². The van der Waals surface area contributed by atoms with Crippen LogP contribution in [0.15, 0.2) is 53.6 Å². The van der Waals surface area contributed by atoms with E-state index in [2.05, 4.69) is 16.4 Å². The Kier molecular flexibility index (Phi) is 4.28. The molecule has 2 heterocycles. The number of benzene rings is 1. The maximum Gasteiger partial charge on any atom is 0.253 e. The number of aromatic amines is 1. The highest BCUT2D eigenvalue weighted by atomic mass is 16.2. The lowest BCUT2D eigenvalue weighted by molar-refractivity contribution is -0.121. The Morgan fingerprint density at radius 1 is 1.22 bits per heavy atom. The van der Waals surface area contributed by atoms with E-state index in [1.165, 1.54) is 15.5 Å². The molecule has 0 aliphatic rings. The number of pyridine rings is 1. The number of carbonyl (C=O) groups is 1. The lowest BCUT2D eigenvalue weighted by Gasteiger charge is -2.07. The number of H-pyrrole nitrogens is 1. The summed E-state index contributed by atoms with van der Waals surface area (Å²) in [6.07, 6.45) is 4.36. The predicted molar refractivity (Wildman–Crippen MR) is 90.5 cm³/mol. The van der Waals surface area contributed by atoms with Gasteiger partial charge in [0, 0.05) is 35.4 Å². The van der Waals surface area contributed by atoms with Crippen molar-refractivity contribution < 1.29 is 4.79 Å². The Bertz CT molecular complexity index is 892. The van der Waals surface area contributed by atoms with Crippen LogP contribution in [-0.4, -0.2) is 22.0 Å². The molecule has 0 saturated heterocycles. The normalized spacial score (nSPS) is 10.8. The first-order valence-corrected chi connectivity index (χ1v) is 7.63. The Labute approximate surface area is 134 Å². The third-order valence-electron chi connectivity index (χ3n) is 3.92. The van der Waals surface area contributed by atoms with Crippen LogP contribution < -0.4 is 10.9 Å². The van der Waals surface area contributed by atoms with Crippen LogP contribution in [0.1, 0.15) is 11.1 Å². The second-order valence-corrected chi connectivity index (χ2v) is 5.58. The summed E-state index contributed by atoms with van der Waals surface area (Å²) in [6.45, 7) is 2.34. The number of hydrogen-bond donors (Lipinski definition) is 2. The van der Waals surface area contributed by atoms with E-state index in [1.54, 1.807) is 25.3 Å². The van der Waals surface area contributed by atoms with Gasteiger partial charge in [-0.2, -0.15) is 0 Å². The van der Waals surface area contributed by atoms with E-state index in [0.717, 1.165) is 11.9 Å². The average molecular weight is 309 g/mol. The molecule has 1 aromatic carbocycles. The maximum absolute atomic E-state index is 12.0. The number of fused-ring (bicyclic) bond motifs is 1. The molecule has 0 fully saturated rings. The maximum atomic E-state index is 12.0. The molecule has 5 heteroatoms. The molecular weight excluding hydrogens is 290 g/mol. The van der Waals surface area contributed by atoms with Crippen LogP contribution in [0.25, 0.3) is 10.9 Å². The SMILES string of the molecule is Cc1cccn(CC(=O)NCCc2c[nH]c3ccccc23)c1=O. The van der Waals surface area contributed by atoms with E-state index < -0.39 is 0 Å². The van der Waals surface area contributed by atoms with Gasteiger partial charge in [-0.1, -0.05) is 24.3 Å². The van der Waals surface area contributed by atoms with Gasteiger partial charge in [-0.3, -0.25) is 9.59 Å². The van der Waals surface area contributed by atoms with Gasteiger partial charge in [0.2, 0.25) is 5.91 Å². The molecule has 0 saturated carbocycles. The van der Waals surface area contributed by atoms with Crippen molar-refractivity contribution in [3.63, 3.8) is 0 Å². The van der Waals surface area contributed by atoms with Gasteiger partial charge >= 0.3 is 0 Å². The van der Waals surface area contributed by atoms with Crippen molar-refractivity contribution in [1.82, 2.24) is 14.9 Å². The first-order chi connectivity index (χ1) is 11.1. The van der Waals surface area contributed by atoms with Crippen molar-refractivity contribution >= 4 is 16.8 Å². The number of nitrogens with one attached hydrogen (secondary N) is 2. The largest absolute Gasteiger partial charge is 0.361 e. The highest BCUT2D eigenvalue weighted by molar-refractivity contribution is 5.83. The fourth-order valence-electron chi connectivity index (χ4n) is 2.67. The van der Waals surface area contributed by atoms with Crippen LogP contribution in [0, 0.1) is 6.92 Å². The number of aromatic nitrogens is 2. The van der Waals surface area contributed by atoms with Gasteiger partial charge in [0.15, 0.2) is 0 Å². The average Bonchev–Trinajstić information content (AvgIpc) is 2.95. The van der Waals surface area contributed by atoms with Crippen molar-refractivity contribution in [2.24, 2.45) is 0 Å². The summed E-state index contributed by atoms with van der Waals surface area (Å²) < 4.78 is 1.43. The summed E-state index contributed by atoms with van der Waals surface area (Å²) in [4.78, 5) is 27.1. The van der Waals surface area contributed by atoms with Gasteiger partial charge in [-0.05, 0) is 31.0 Å². The first kappa shape index (κ1) is 15.1. The molecule has 0 aliphatic heterocycles.